The number of amides is 2. The molecule has 2 N–H and O–H groups in total. The molecule has 1 aromatic carbocycles. The van der Waals surface area contributed by atoms with Gasteiger partial charge in [-0.05, 0) is 90.3 Å². The Balaban J connectivity index is 1.19. The summed E-state index contributed by atoms with van der Waals surface area (Å²) in [7, 11) is 0. The summed E-state index contributed by atoms with van der Waals surface area (Å²) in [6.07, 6.45) is 9.57. The van der Waals surface area contributed by atoms with Crippen LogP contribution < -0.4 is 10.9 Å². The summed E-state index contributed by atoms with van der Waals surface area (Å²) in [5, 5.41) is 11.0. The quantitative estimate of drug-likeness (QED) is 0.790. The van der Waals surface area contributed by atoms with E-state index in [2.05, 4.69) is 26.4 Å². The average Bonchev–Trinajstić information content (AvgIpc) is 3.19. The van der Waals surface area contributed by atoms with Crippen LogP contribution in [-0.2, 0) is 4.79 Å². The molecule has 1 heterocycles. The summed E-state index contributed by atoms with van der Waals surface area (Å²) in [5.74, 6) is 1.98. The zero-order valence-electron chi connectivity index (χ0n) is 15.7. The Bertz CT molecular complexity index is 859. The van der Waals surface area contributed by atoms with E-state index in [0.717, 1.165) is 17.8 Å². The molecular weight excluding hydrogens is 356 g/mol. The second-order valence-corrected chi connectivity index (χ2v) is 8.90. The van der Waals surface area contributed by atoms with E-state index < -0.39 is 0 Å². The van der Waals surface area contributed by atoms with E-state index in [4.69, 9.17) is 0 Å². The van der Waals surface area contributed by atoms with Gasteiger partial charge in [-0.25, -0.2) is 4.68 Å². The van der Waals surface area contributed by atoms with Crippen molar-refractivity contribution in [1.29, 1.82) is 0 Å². The maximum absolute atomic E-state index is 12.6. The number of carbonyl (C=O) groups excluding carboxylic acids is 2. The van der Waals surface area contributed by atoms with Gasteiger partial charge < -0.3 is 0 Å². The smallest absolute Gasteiger partial charge is 0.269 e. The first-order chi connectivity index (χ1) is 13.6. The third kappa shape index (κ3) is 3.27. The molecule has 0 spiro atoms. The Labute approximate surface area is 163 Å². The lowest BCUT2D eigenvalue weighted by molar-refractivity contribution is -0.130. The van der Waals surface area contributed by atoms with Crippen LogP contribution in [0.15, 0.2) is 30.6 Å². The lowest BCUT2D eigenvalue weighted by atomic mass is 9.49. The van der Waals surface area contributed by atoms with E-state index in [1.54, 1.807) is 24.3 Å². The van der Waals surface area contributed by atoms with Crippen molar-refractivity contribution in [2.24, 2.45) is 23.2 Å². The van der Waals surface area contributed by atoms with Gasteiger partial charge in [0.2, 0.25) is 5.91 Å². The molecule has 4 fully saturated rings. The number of hydrogen-bond donors (Lipinski definition) is 2. The van der Waals surface area contributed by atoms with Gasteiger partial charge in [0, 0.05) is 12.0 Å². The fraction of sp³-hybridized carbons (Fsp3) is 0.550. The van der Waals surface area contributed by atoms with Crippen molar-refractivity contribution in [3.8, 4) is 5.69 Å². The molecule has 4 saturated carbocycles. The molecule has 8 heteroatoms. The van der Waals surface area contributed by atoms with Crippen LogP contribution in [-0.4, -0.2) is 32.0 Å². The molecule has 0 aliphatic heterocycles. The second kappa shape index (κ2) is 6.68. The zero-order chi connectivity index (χ0) is 19.1. The number of tetrazole rings is 1. The van der Waals surface area contributed by atoms with Crippen LogP contribution in [0.2, 0.25) is 0 Å². The minimum atomic E-state index is -0.353. The van der Waals surface area contributed by atoms with Crippen LogP contribution in [0.4, 0.5) is 0 Å². The van der Waals surface area contributed by atoms with Crippen LogP contribution in [0.1, 0.15) is 55.3 Å². The molecular formula is C20H24N6O2. The number of carbonyl (C=O) groups is 2. The van der Waals surface area contributed by atoms with Crippen LogP contribution in [0.25, 0.3) is 5.69 Å². The predicted octanol–water partition coefficient (Wildman–Crippen LogP) is 2.03. The van der Waals surface area contributed by atoms with E-state index in [1.807, 2.05) is 0 Å². The van der Waals surface area contributed by atoms with Gasteiger partial charge in [0.05, 0.1) is 5.69 Å². The number of benzene rings is 1. The largest absolute Gasteiger partial charge is 0.273 e. The fourth-order valence-corrected chi connectivity index (χ4v) is 6.16. The lowest BCUT2D eigenvalue weighted by Gasteiger charge is -2.56. The topological polar surface area (TPSA) is 102 Å². The highest BCUT2D eigenvalue weighted by Gasteiger charge is 2.51. The van der Waals surface area contributed by atoms with Crippen LogP contribution in [0, 0.1) is 23.2 Å². The predicted molar refractivity (Wildman–Crippen MR) is 100.0 cm³/mol. The molecule has 0 unspecified atom stereocenters. The minimum Gasteiger partial charge on any atom is -0.273 e. The molecule has 0 atom stereocenters. The highest BCUT2D eigenvalue weighted by molar-refractivity contribution is 5.95. The van der Waals surface area contributed by atoms with Crippen LogP contribution in [0.3, 0.4) is 0 Å². The van der Waals surface area contributed by atoms with Crippen molar-refractivity contribution < 1.29 is 9.59 Å². The van der Waals surface area contributed by atoms with Gasteiger partial charge in [0.25, 0.3) is 5.91 Å². The minimum absolute atomic E-state index is 0.0908. The zero-order valence-corrected chi connectivity index (χ0v) is 15.7. The summed E-state index contributed by atoms with van der Waals surface area (Å²) in [6, 6.07) is 6.92. The molecule has 2 aromatic rings. The number of nitrogens with one attached hydrogen (secondary N) is 2. The first-order valence-corrected chi connectivity index (χ1v) is 10.0. The van der Waals surface area contributed by atoms with E-state index in [-0.39, 0.29) is 17.2 Å². The average molecular weight is 380 g/mol. The number of rotatable bonds is 4. The Morgan fingerprint density at radius 1 is 1.07 bits per heavy atom. The standard InChI is InChI=1S/C20H24N6O2/c27-18(11-20-8-13-4-14(9-20)6-15(5-13)10-20)22-23-19(28)16-2-1-3-17(7-16)26-12-21-24-25-26/h1-3,7,12-15H,4-6,8-11H2,(H,22,27)(H,23,28). The first kappa shape index (κ1) is 17.3. The highest BCUT2D eigenvalue weighted by atomic mass is 16.2. The molecule has 6 rings (SSSR count). The number of hydrogen-bond acceptors (Lipinski definition) is 5. The molecule has 4 aliphatic rings. The van der Waals surface area contributed by atoms with E-state index in [9.17, 15) is 9.59 Å². The highest BCUT2D eigenvalue weighted by Crippen LogP contribution is 2.61. The lowest BCUT2D eigenvalue weighted by Crippen LogP contribution is -2.50. The van der Waals surface area contributed by atoms with Crippen molar-refractivity contribution >= 4 is 11.8 Å². The third-order valence-electron chi connectivity index (χ3n) is 6.74. The summed E-state index contributed by atoms with van der Waals surface area (Å²) in [5.41, 5.74) is 6.45. The molecule has 4 bridgehead atoms. The van der Waals surface area contributed by atoms with Gasteiger partial charge in [-0.1, -0.05) is 6.07 Å². The van der Waals surface area contributed by atoms with Gasteiger partial charge in [-0.15, -0.1) is 5.10 Å². The Morgan fingerprint density at radius 2 is 1.79 bits per heavy atom. The van der Waals surface area contributed by atoms with E-state index in [0.29, 0.717) is 17.7 Å². The Kier molecular flexibility index (Phi) is 4.14. The van der Waals surface area contributed by atoms with Crippen LogP contribution in [0.5, 0.6) is 0 Å². The van der Waals surface area contributed by atoms with Crippen molar-refractivity contribution in [1.82, 2.24) is 31.1 Å². The third-order valence-corrected chi connectivity index (χ3v) is 6.74. The van der Waals surface area contributed by atoms with Gasteiger partial charge in [0.15, 0.2) is 0 Å². The summed E-state index contributed by atoms with van der Waals surface area (Å²) < 4.78 is 1.47. The van der Waals surface area contributed by atoms with Crippen molar-refractivity contribution in [3.63, 3.8) is 0 Å². The first-order valence-electron chi connectivity index (χ1n) is 10.0. The van der Waals surface area contributed by atoms with Gasteiger partial charge in [0.1, 0.15) is 6.33 Å². The van der Waals surface area contributed by atoms with Crippen molar-refractivity contribution in [3.05, 3.63) is 36.2 Å². The summed E-state index contributed by atoms with van der Waals surface area (Å²) in [4.78, 5) is 25.0. The van der Waals surface area contributed by atoms with Crippen molar-refractivity contribution in [2.75, 3.05) is 0 Å². The van der Waals surface area contributed by atoms with Crippen LogP contribution >= 0.6 is 0 Å². The molecule has 0 radical (unpaired) electrons. The maximum atomic E-state index is 12.6. The van der Waals surface area contributed by atoms with E-state index in [1.165, 1.54) is 49.5 Å². The molecule has 0 saturated heterocycles. The summed E-state index contributed by atoms with van der Waals surface area (Å²) in [6.45, 7) is 0. The van der Waals surface area contributed by atoms with Gasteiger partial charge >= 0.3 is 0 Å². The summed E-state index contributed by atoms with van der Waals surface area (Å²) >= 11 is 0. The maximum Gasteiger partial charge on any atom is 0.269 e. The van der Waals surface area contributed by atoms with Gasteiger partial charge in [-0.3, -0.25) is 20.4 Å². The van der Waals surface area contributed by atoms with Gasteiger partial charge in [-0.2, -0.15) is 0 Å². The number of nitrogens with zero attached hydrogens (tertiary/aromatic N) is 4. The number of hydrazine groups is 1. The SMILES string of the molecule is O=C(CC12CC3CC(CC(C3)C1)C2)NNC(=O)c1cccc(-n2cnnn2)c1. The normalized spacial score (nSPS) is 30.2. The fourth-order valence-electron chi connectivity index (χ4n) is 6.16. The molecule has 146 valence electrons. The molecule has 4 aliphatic carbocycles. The molecule has 1 aromatic heterocycles. The Morgan fingerprint density at radius 3 is 2.43 bits per heavy atom. The van der Waals surface area contributed by atoms with E-state index >= 15 is 0 Å². The molecule has 28 heavy (non-hydrogen) atoms. The Hall–Kier alpha value is -2.77. The molecule has 2 amide bonds. The second-order valence-electron chi connectivity index (χ2n) is 8.90. The number of aromatic nitrogens is 4. The molecule has 8 nitrogen and oxygen atoms in total. The van der Waals surface area contributed by atoms with Crippen molar-refractivity contribution in [2.45, 2.75) is 44.9 Å². The monoisotopic (exact) mass is 380 g/mol.